The molecule has 0 saturated carbocycles. The summed E-state index contributed by atoms with van der Waals surface area (Å²) in [6.07, 6.45) is 0. The normalized spacial score (nSPS) is 21.8. The average Bonchev–Trinajstić information content (AvgIpc) is 2.35. The molecule has 1 heterocycles. The Hall–Kier alpha value is -0.430. The van der Waals surface area contributed by atoms with E-state index in [0.717, 1.165) is 0 Å². The maximum absolute atomic E-state index is 2.29. The molecule has 0 nitrogen and oxygen atoms in total. The molecule has 0 aliphatic carbocycles. The van der Waals surface area contributed by atoms with Crippen LogP contribution in [-0.2, 0) is 5.75 Å². The molecule has 58 valence electrons. The highest BCUT2D eigenvalue weighted by molar-refractivity contribution is 7.99. The first kappa shape index (κ1) is 7.23. The molecule has 0 fully saturated rings. The Balaban J connectivity index is 2.57. The number of hydrogen-bond donors (Lipinski definition) is 0. The average molecular weight is 164 g/mol. The van der Waals surface area contributed by atoms with Crippen LogP contribution >= 0.6 is 11.8 Å². The summed E-state index contributed by atoms with van der Waals surface area (Å²) in [6, 6.07) is 6.63. The van der Waals surface area contributed by atoms with Gasteiger partial charge in [-0.05, 0) is 30.5 Å². The minimum absolute atomic E-state index is 0.713. The lowest BCUT2D eigenvalue weighted by molar-refractivity contribution is 1.10. The number of benzene rings is 1. The van der Waals surface area contributed by atoms with Gasteiger partial charge in [-0.2, -0.15) is 0 Å². The van der Waals surface area contributed by atoms with E-state index in [9.17, 15) is 0 Å². The first-order valence-electron chi connectivity index (χ1n) is 3.99. The molecule has 2 rings (SSSR count). The van der Waals surface area contributed by atoms with Gasteiger partial charge in [0.1, 0.15) is 0 Å². The molecule has 0 saturated heterocycles. The fraction of sp³-hybridized carbons (Fsp3) is 0.400. The van der Waals surface area contributed by atoms with Crippen molar-refractivity contribution < 1.29 is 0 Å². The van der Waals surface area contributed by atoms with Crippen molar-refractivity contribution in [3.63, 3.8) is 0 Å². The van der Waals surface area contributed by atoms with E-state index in [1.54, 1.807) is 11.1 Å². The Kier molecular flexibility index (Phi) is 1.68. The highest BCUT2D eigenvalue weighted by atomic mass is 32.2. The van der Waals surface area contributed by atoms with Crippen LogP contribution in [0.2, 0.25) is 0 Å². The molecule has 0 bridgehead atoms. The fourth-order valence-corrected chi connectivity index (χ4v) is 2.81. The highest BCUT2D eigenvalue weighted by Crippen LogP contribution is 2.41. The number of rotatable bonds is 0. The second kappa shape index (κ2) is 2.56. The Morgan fingerprint density at radius 1 is 1.45 bits per heavy atom. The summed E-state index contributed by atoms with van der Waals surface area (Å²) in [6.45, 7) is 4.49. The summed E-state index contributed by atoms with van der Waals surface area (Å²) in [4.78, 5) is 0. The summed E-state index contributed by atoms with van der Waals surface area (Å²) < 4.78 is 0. The van der Waals surface area contributed by atoms with Crippen molar-refractivity contribution >= 4 is 11.8 Å². The third-order valence-corrected chi connectivity index (χ3v) is 3.57. The first-order chi connectivity index (χ1) is 5.29. The molecule has 0 N–H and O–H groups in total. The smallest absolute Gasteiger partial charge is 0.0275 e. The lowest BCUT2D eigenvalue weighted by Crippen LogP contribution is -1.87. The Labute approximate surface area is 72.0 Å². The third-order valence-electron chi connectivity index (χ3n) is 2.36. The van der Waals surface area contributed by atoms with Gasteiger partial charge in [-0.25, -0.2) is 0 Å². The second-order valence-electron chi connectivity index (χ2n) is 3.10. The minimum atomic E-state index is 0.713. The van der Waals surface area contributed by atoms with Gasteiger partial charge in [-0.3, -0.25) is 0 Å². The highest BCUT2D eigenvalue weighted by Gasteiger charge is 2.19. The van der Waals surface area contributed by atoms with Gasteiger partial charge in [0, 0.05) is 11.0 Å². The van der Waals surface area contributed by atoms with E-state index in [1.165, 1.54) is 11.3 Å². The molecule has 0 aromatic heterocycles. The zero-order valence-corrected chi connectivity index (χ0v) is 7.74. The second-order valence-corrected chi connectivity index (χ2v) is 4.43. The van der Waals surface area contributed by atoms with Crippen molar-refractivity contribution in [3.8, 4) is 0 Å². The van der Waals surface area contributed by atoms with Gasteiger partial charge in [-0.15, -0.1) is 11.8 Å². The van der Waals surface area contributed by atoms with Crippen molar-refractivity contribution in [1.29, 1.82) is 0 Å². The lowest BCUT2D eigenvalue weighted by atomic mass is 10.0. The molecular formula is C10H12S. The van der Waals surface area contributed by atoms with Crippen LogP contribution in [0.3, 0.4) is 0 Å². The maximum Gasteiger partial charge on any atom is 0.0275 e. The van der Waals surface area contributed by atoms with Crippen LogP contribution in [0.5, 0.6) is 0 Å². The maximum atomic E-state index is 2.29. The zero-order valence-electron chi connectivity index (χ0n) is 6.92. The van der Waals surface area contributed by atoms with Gasteiger partial charge in [0.05, 0.1) is 0 Å². The molecule has 0 amide bonds. The molecular weight excluding hydrogens is 152 g/mol. The van der Waals surface area contributed by atoms with Gasteiger partial charge in [0.25, 0.3) is 0 Å². The monoisotopic (exact) mass is 164 g/mol. The topological polar surface area (TPSA) is 0 Å². The Bertz CT molecular complexity index is 278. The Morgan fingerprint density at radius 3 is 3.00 bits per heavy atom. The van der Waals surface area contributed by atoms with Crippen molar-refractivity contribution in [2.75, 3.05) is 0 Å². The molecule has 0 spiro atoms. The Morgan fingerprint density at radius 2 is 2.27 bits per heavy atom. The lowest BCUT2D eigenvalue weighted by Gasteiger charge is -2.03. The predicted molar refractivity (Wildman–Crippen MR) is 50.9 cm³/mol. The molecule has 11 heavy (non-hydrogen) atoms. The fourth-order valence-electron chi connectivity index (χ4n) is 1.60. The van der Waals surface area contributed by atoms with Crippen molar-refractivity contribution in [1.82, 2.24) is 0 Å². The van der Waals surface area contributed by atoms with E-state index in [4.69, 9.17) is 0 Å². The summed E-state index contributed by atoms with van der Waals surface area (Å²) in [5.74, 6) is 1.21. The summed E-state index contributed by atoms with van der Waals surface area (Å²) >= 11 is 2.04. The SMILES string of the molecule is Cc1cccc2c1CSC2C. The predicted octanol–water partition coefficient (Wildman–Crippen LogP) is 3.30. The molecule has 1 atom stereocenters. The van der Waals surface area contributed by atoms with E-state index in [0.29, 0.717) is 5.25 Å². The van der Waals surface area contributed by atoms with Crippen LogP contribution in [-0.4, -0.2) is 0 Å². The van der Waals surface area contributed by atoms with Crippen molar-refractivity contribution in [3.05, 3.63) is 34.9 Å². The van der Waals surface area contributed by atoms with Crippen LogP contribution in [0.25, 0.3) is 0 Å². The number of fused-ring (bicyclic) bond motifs is 1. The molecule has 1 aromatic rings. The molecule has 1 heteroatoms. The van der Waals surface area contributed by atoms with Crippen LogP contribution in [0.1, 0.15) is 28.9 Å². The molecule has 1 aliphatic rings. The molecule has 1 unspecified atom stereocenters. The molecule has 1 aliphatic heterocycles. The van der Waals surface area contributed by atoms with E-state index >= 15 is 0 Å². The minimum Gasteiger partial charge on any atom is -0.149 e. The number of thioether (sulfide) groups is 1. The van der Waals surface area contributed by atoms with E-state index in [-0.39, 0.29) is 0 Å². The van der Waals surface area contributed by atoms with E-state index in [2.05, 4.69) is 32.0 Å². The third kappa shape index (κ3) is 1.08. The van der Waals surface area contributed by atoms with Crippen LogP contribution in [0, 0.1) is 6.92 Å². The van der Waals surface area contributed by atoms with Crippen LogP contribution in [0.4, 0.5) is 0 Å². The van der Waals surface area contributed by atoms with Gasteiger partial charge < -0.3 is 0 Å². The van der Waals surface area contributed by atoms with Crippen molar-refractivity contribution in [2.45, 2.75) is 24.9 Å². The van der Waals surface area contributed by atoms with Crippen molar-refractivity contribution in [2.24, 2.45) is 0 Å². The van der Waals surface area contributed by atoms with Crippen LogP contribution < -0.4 is 0 Å². The van der Waals surface area contributed by atoms with Gasteiger partial charge in [-0.1, -0.05) is 18.2 Å². The van der Waals surface area contributed by atoms with Gasteiger partial charge in [0.2, 0.25) is 0 Å². The number of aryl methyl sites for hydroxylation is 1. The summed E-state index contributed by atoms with van der Waals surface area (Å²) in [7, 11) is 0. The standard InChI is InChI=1S/C10H12S/c1-7-4-3-5-9-8(2)11-6-10(7)9/h3-5,8H,6H2,1-2H3. The molecule has 1 aromatic carbocycles. The summed E-state index contributed by atoms with van der Waals surface area (Å²) in [5, 5.41) is 0.713. The van der Waals surface area contributed by atoms with E-state index in [1.807, 2.05) is 11.8 Å². The van der Waals surface area contributed by atoms with Gasteiger partial charge >= 0.3 is 0 Å². The summed E-state index contributed by atoms with van der Waals surface area (Å²) in [5.41, 5.74) is 4.58. The quantitative estimate of drug-likeness (QED) is 0.567. The van der Waals surface area contributed by atoms with Gasteiger partial charge in [0.15, 0.2) is 0 Å². The first-order valence-corrected chi connectivity index (χ1v) is 5.04. The van der Waals surface area contributed by atoms with E-state index < -0.39 is 0 Å². The zero-order chi connectivity index (χ0) is 7.84. The largest absolute Gasteiger partial charge is 0.149 e. The molecule has 0 radical (unpaired) electrons. The number of hydrogen-bond acceptors (Lipinski definition) is 1. The van der Waals surface area contributed by atoms with Crippen LogP contribution in [0.15, 0.2) is 18.2 Å².